The fourth-order valence-corrected chi connectivity index (χ4v) is 6.35. The van der Waals surface area contributed by atoms with Gasteiger partial charge in [-0.05, 0) is 81.5 Å². The number of sulfonamides is 1. The predicted octanol–water partition coefficient (Wildman–Crippen LogP) is 3.72. The molecule has 1 fully saturated rings. The van der Waals surface area contributed by atoms with E-state index in [1.165, 1.54) is 36.3 Å². The van der Waals surface area contributed by atoms with Crippen molar-refractivity contribution in [2.45, 2.75) is 56.7 Å². The molecule has 1 amide bonds. The molecular formula is C27H34N2O9S. The van der Waals surface area contributed by atoms with E-state index in [1.807, 2.05) is 0 Å². The summed E-state index contributed by atoms with van der Waals surface area (Å²) in [6.45, 7) is 5.69. The van der Waals surface area contributed by atoms with Crippen molar-refractivity contribution in [3.05, 3.63) is 48.0 Å². The van der Waals surface area contributed by atoms with E-state index in [9.17, 15) is 23.1 Å². The van der Waals surface area contributed by atoms with Crippen molar-refractivity contribution in [3.8, 4) is 17.2 Å². The lowest BCUT2D eigenvalue weighted by Gasteiger charge is -2.39. The lowest BCUT2D eigenvalue weighted by atomic mass is 9.89. The number of carbonyl (C=O) groups is 2. The van der Waals surface area contributed by atoms with Crippen LogP contribution in [-0.2, 0) is 26.1 Å². The number of nitrogens with zero attached hydrogens (tertiary/aromatic N) is 2. The van der Waals surface area contributed by atoms with Gasteiger partial charge in [0.25, 0.3) is 0 Å². The molecule has 1 N–H and O–H groups in total. The van der Waals surface area contributed by atoms with Crippen LogP contribution in [0.1, 0.15) is 39.2 Å². The Hall–Kier alpha value is -3.51. The van der Waals surface area contributed by atoms with Crippen molar-refractivity contribution in [2.75, 3.05) is 27.0 Å². The number of carboxylic acid groups (broad SMARTS) is 1. The zero-order valence-electron chi connectivity index (χ0n) is 22.5. The molecule has 4 rings (SSSR count). The minimum atomic E-state index is -4.27. The number of fused-ring (bicyclic) bond motifs is 1. The number of carboxylic acids is 1. The molecule has 12 heteroatoms. The second-order valence-electron chi connectivity index (χ2n) is 10.5. The van der Waals surface area contributed by atoms with Gasteiger partial charge in [-0.2, -0.15) is 4.31 Å². The topological polar surface area (TPSA) is 132 Å². The van der Waals surface area contributed by atoms with Crippen LogP contribution in [0, 0.1) is 5.92 Å². The van der Waals surface area contributed by atoms with E-state index >= 15 is 0 Å². The van der Waals surface area contributed by atoms with Crippen LogP contribution >= 0.6 is 0 Å². The number of likely N-dealkylation sites (tertiary alicyclic amines) is 1. The third kappa shape index (κ3) is 6.56. The number of methoxy groups -OCH3 is 1. The molecule has 0 unspecified atom stereocenters. The van der Waals surface area contributed by atoms with E-state index in [4.69, 9.17) is 18.9 Å². The average molecular weight is 563 g/mol. The van der Waals surface area contributed by atoms with E-state index in [1.54, 1.807) is 39.0 Å². The van der Waals surface area contributed by atoms with Gasteiger partial charge in [-0.3, -0.25) is 4.79 Å². The van der Waals surface area contributed by atoms with E-state index in [-0.39, 0.29) is 31.3 Å². The van der Waals surface area contributed by atoms with E-state index in [2.05, 4.69) is 0 Å². The summed E-state index contributed by atoms with van der Waals surface area (Å²) in [6.07, 6.45) is 0.119. The molecule has 1 atom stereocenters. The zero-order valence-corrected chi connectivity index (χ0v) is 23.3. The highest BCUT2D eigenvalue weighted by Gasteiger charge is 2.43. The molecule has 0 aliphatic carbocycles. The monoisotopic (exact) mass is 562 g/mol. The fourth-order valence-electron chi connectivity index (χ4n) is 4.72. The van der Waals surface area contributed by atoms with Crippen molar-refractivity contribution < 1.29 is 42.1 Å². The number of ether oxygens (including phenoxy) is 4. The maximum absolute atomic E-state index is 14.0. The standard InChI is InChI=1S/C27H34N2O9S/c1-27(2,3)38-26(32)28-13-11-19(12-14-28)24(25(30)31)29(16-18-5-10-22-23(15-18)37-17-36-22)39(33,34)21-8-6-20(35-4)7-9-21/h5-10,15,19,24H,11-14,16-17H2,1-4H3,(H,30,31)/t24-/m1/s1. The van der Waals surface area contributed by atoms with Gasteiger partial charge in [-0.25, -0.2) is 13.2 Å². The smallest absolute Gasteiger partial charge is 0.410 e. The summed E-state index contributed by atoms with van der Waals surface area (Å²) in [7, 11) is -2.79. The molecule has 0 saturated carbocycles. The maximum Gasteiger partial charge on any atom is 0.410 e. The summed E-state index contributed by atoms with van der Waals surface area (Å²) >= 11 is 0. The first-order valence-electron chi connectivity index (χ1n) is 12.6. The summed E-state index contributed by atoms with van der Waals surface area (Å²) < 4.78 is 50.4. The van der Waals surface area contributed by atoms with Gasteiger partial charge in [-0.15, -0.1) is 0 Å². The van der Waals surface area contributed by atoms with Crippen molar-refractivity contribution >= 4 is 22.1 Å². The minimum Gasteiger partial charge on any atom is -0.497 e. The van der Waals surface area contributed by atoms with Crippen LogP contribution in [0.5, 0.6) is 17.2 Å². The SMILES string of the molecule is COc1ccc(S(=O)(=O)N(Cc2ccc3c(c2)OCO3)[C@@H](C(=O)O)C2CCN(C(=O)OC(C)(C)C)CC2)cc1. The highest BCUT2D eigenvalue weighted by atomic mass is 32.2. The van der Waals surface area contributed by atoms with Gasteiger partial charge in [0.05, 0.1) is 12.0 Å². The van der Waals surface area contributed by atoms with Gasteiger partial charge in [0.15, 0.2) is 11.5 Å². The van der Waals surface area contributed by atoms with Crippen molar-refractivity contribution in [1.29, 1.82) is 0 Å². The Morgan fingerprint density at radius 3 is 2.31 bits per heavy atom. The Labute approximate surface area is 228 Å². The molecule has 2 heterocycles. The number of benzene rings is 2. The van der Waals surface area contributed by atoms with Crippen molar-refractivity contribution in [2.24, 2.45) is 5.92 Å². The summed E-state index contributed by atoms with van der Waals surface area (Å²) in [6, 6.07) is 9.46. The van der Waals surface area contributed by atoms with Crippen LogP contribution in [0.25, 0.3) is 0 Å². The highest BCUT2D eigenvalue weighted by molar-refractivity contribution is 7.89. The molecule has 0 radical (unpaired) electrons. The molecule has 0 bridgehead atoms. The quantitative estimate of drug-likeness (QED) is 0.511. The molecule has 0 aromatic heterocycles. The number of aliphatic carboxylic acids is 1. The summed E-state index contributed by atoms with van der Waals surface area (Å²) in [5.41, 5.74) is -0.112. The van der Waals surface area contributed by atoms with Crippen LogP contribution in [0.2, 0.25) is 0 Å². The van der Waals surface area contributed by atoms with Crippen molar-refractivity contribution in [3.63, 3.8) is 0 Å². The molecule has 0 spiro atoms. The summed E-state index contributed by atoms with van der Waals surface area (Å²) in [4.78, 5) is 26.7. The van der Waals surface area contributed by atoms with E-state index in [0.717, 1.165) is 4.31 Å². The Balaban J connectivity index is 1.64. The third-order valence-corrected chi connectivity index (χ3v) is 8.48. The Morgan fingerprint density at radius 2 is 1.72 bits per heavy atom. The molecular weight excluding hydrogens is 528 g/mol. The third-order valence-electron chi connectivity index (χ3n) is 6.64. The molecule has 2 aliphatic rings. The van der Waals surface area contributed by atoms with E-state index < -0.39 is 39.6 Å². The second-order valence-corrected chi connectivity index (χ2v) is 12.4. The number of hydrogen-bond acceptors (Lipinski definition) is 8. The highest BCUT2D eigenvalue weighted by Crippen LogP contribution is 2.35. The van der Waals surface area contributed by atoms with Gasteiger partial charge >= 0.3 is 12.1 Å². The van der Waals surface area contributed by atoms with E-state index in [0.29, 0.717) is 35.7 Å². The number of carbonyl (C=O) groups excluding carboxylic acids is 1. The number of rotatable bonds is 8. The molecule has 212 valence electrons. The number of amides is 1. The Kier molecular flexibility index (Phi) is 8.26. The number of hydrogen-bond donors (Lipinski definition) is 1. The summed E-state index contributed by atoms with van der Waals surface area (Å²) in [5, 5.41) is 10.4. The van der Waals surface area contributed by atoms with Crippen molar-refractivity contribution in [1.82, 2.24) is 9.21 Å². The molecule has 2 aliphatic heterocycles. The Morgan fingerprint density at radius 1 is 1.08 bits per heavy atom. The van der Waals surface area contributed by atoms with Crippen LogP contribution in [0.3, 0.4) is 0 Å². The van der Waals surface area contributed by atoms with Gasteiger partial charge < -0.3 is 29.0 Å². The fraction of sp³-hybridized carbons (Fsp3) is 0.481. The molecule has 39 heavy (non-hydrogen) atoms. The zero-order chi connectivity index (χ0) is 28.4. The first kappa shape index (κ1) is 28.5. The van der Waals surface area contributed by atoms with Gasteiger partial charge in [0.2, 0.25) is 16.8 Å². The average Bonchev–Trinajstić information content (AvgIpc) is 3.35. The van der Waals surface area contributed by atoms with Crippen LogP contribution in [0.15, 0.2) is 47.4 Å². The van der Waals surface area contributed by atoms with Crippen LogP contribution in [-0.4, -0.2) is 73.4 Å². The lowest BCUT2D eigenvalue weighted by Crippen LogP contribution is -2.52. The lowest BCUT2D eigenvalue weighted by molar-refractivity contribution is -0.144. The molecule has 11 nitrogen and oxygen atoms in total. The van der Waals surface area contributed by atoms with Crippen LogP contribution < -0.4 is 14.2 Å². The predicted molar refractivity (Wildman–Crippen MR) is 140 cm³/mol. The normalized spacial score (nSPS) is 16.7. The first-order valence-corrected chi connectivity index (χ1v) is 14.1. The summed E-state index contributed by atoms with van der Waals surface area (Å²) in [5.74, 6) is -0.327. The van der Waals surface area contributed by atoms with Gasteiger partial charge in [0.1, 0.15) is 17.4 Å². The first-order chi connectivity index (χ1) is 18.4. The van der Waals surface area contributed by atoms with Gasteiger partial charge in [0, 0.05) is 19.6 Å². The molecule has 2 aromatic rings. The number of piperidine rings is 1. The van der Waals surface area contributed by atoms with Gasteiger partial charge in [-0.1, -0.05) is 6.07 Å². The second kappa shape index (κ2) is 11.3. The largest absolute Gasteiger partial charge is 0.497 e. The molecule has 2 aromatic carbocycles. The molecule has 1 saturated heterocycles. The minimum absolute atomic E-state index is 0.0542. The maximum atomic E-state index is 14.0. The van der Waals surface area contributed by atoms with Crippen LogP contribution in [0.4, 0.5) is 4.79 Å². The Bertz CT molecular complexity index is 1300.